The molecule has 2 N–H and O–H groups in total. The van der Waals surface area contributed by atoms with Gasteiger partial charge in [0, 0.05) is 13.0 Å². The Morgan fingerprint density at radius 1 is 1.39 bits per heavy atom. The maximum atomic E-state index is 11.9. The maximum absolute atomic E-state index is 11.9. The van der Waals surface area contributed by atoms with Crippen LogP contribution in [0.25, 0.3) is 0 Å². The standard InChI is InChI=1S/C12H20N2O4/c1-2-3-4-5-6-11(16)14-8-10(15)13-7-9(14)12(17)18/h9H,2-8H2,1H3,(H,13,15)(H,17,18). The number of nitrogens with one attached hydrogen (secondary N) is 1. The Labute approximate surface area is 106 Å². The number of nitrogens with zero attached hydrogens (tertiary/aromatic N) is 1. The summed E-state index contributed by atoms with van der Waals surface area (Å²) in [6.07, 6.45) is 4.17. The number of hydrogen-bond acceptors (Lipinski definition) is 3. The van der Waals surface area contributed by atoms with Crippen LogP contribution in [0.5, 0.6) is 0 Å². The SMILES string of the molecule is CCCCCCC(=O)N1CC(=O)NCC1C(=O)O. The average molecular weight is 256 g/mol. The molecule has 0 aromatic rings. The fourth-order valence-electron chi connectivity index (χ4n) is 1.97. The van der Waals surface area contributed by atoms with Crippen molar-refractivity contribution >= 4 is 17.8 Å². The second kappa shape index (κ2) is 6.98. The average Bonchev–Trinajstić information content (AvgIpc) is 2.34. The second-order valence-corrected chi connectivity index (χ2v) is 4.49. The van der Waals surface area contributed by atoms with E-state index in [1.165, 1.54) is 4.90 Å². The van der Waals surface area contributed by atoms with Crippen LogP contribution in [0.4, 0.5) is 0 Å². The summed E-state index contributed by atoms with van der Waals surface area (Å²) in [6.45, 7) is 1.93. The minimum absolute atomic E-state index is 0.00509. The highest BCUT2D eigenvalue weighted by molar-refractivity contribution is 5.91. The molecule has 2 amide bonds. The third-order valence-electron chi connectivity index (χ3n) is 3.03. The van der Waals surface area contributed by atoms with Crippen molar-refractivity contribution < 1.29 is 19.5 Å². The first-order chi connectivity index (χ1) is 8.56. The first-order valence-corrected chi connectivity index (χ1v) is 6.35. The molecule has 18 heavy (non-hydrogen) atoms. The molecule has 0 radical (unpaired) electrons. The predicted molar refractivity (Wildman–Crippen MR) is 64.9 cm³/mol. The van der Waals surface area contributed by atoms with Crippen LogP contribution in [0.15, 0.2) is 0 Å². The Balaban J connectivity index is 2.50. The van der Waals surface area contributed by atoms with Crippen molar-refractivity contribution in [2.75, 3.05) is 13.1 Å². The van der Waals surface area contributed by atoms with Crippen LogP contribution in [-0.2, 0) is 14.4 Å². The molecule has 0 saturated carbocycles. The first-order valence-electron chi connectivity index (χ1n) is 6.35. The molecule has 0 aromatic heterocycles. The summed E-state index contributed by atoms with van der Waals surface area (Å²) in [5.41, 5.74) is 0. The molecule has 1 aliphatic rings. The zero-order valence-corrected chi connectivity index (χ0v) is 10.6. The van der Waals surface area contributed by atoms with Crippen molar-refractivity contribution in [1.82, 2.24) is 10.2 Å². The molecule has 6 nitrogen and oxygen atoms in total. The van der Waals surface area contributed by atoms with Crippen LogP contribution in [-0.4, -0.2) is 46.9 Å². The highest BCUT2D eigenvalue weighted by Crippen LogP contribution is 2.10. The van der Waals surface area contributed by atoms with Crippen molar-refractivity contribution in [2.45, 2.75) is 45.1 Å². The molecular formula is C12H20N2O4. The highest BCUT2D eigenvalue weighted by atomic mass is 16.4. The second-order valence-electron chi connectivity index (χ2n) is 4.49. The predicted octanol–water partition coefficient (Wildman–Crippen LogP) is 0.368. The number of carboxylic acid groups (broad SMARTS) is 1. The quantitative estimate of drug-likeness (QED) is 0.672. The van der Waals surface area contributed by atoms with Gasteiger partial charge in [-0.05, 0) is 6.42 Å². The summed E-state index contributed by atoms with van der Waals surface area (Å²) >= 11 is 0. The van der Waals surface area contributed by atoms with Crippen molar-refractivity contribution in [1.29, 1.82) is 0 Å². The summed E-state index contributed by atoms with van der Waals surface area (Å²) in [5.74, 6) is -1.61. The fraction of sp³-hybridized carbons (Fsp3) is 0.750. The molecule has 0 aromatic carbocycles. The number of carbonyl (C=O) groups excluding carboxylic acids is 2. The van der Waals surface area contributed by atoms with Crippen molar-refractivity contribution in [2.24, 2.45) is 0 Å². The van der Waals surface area contributed by atoms with E-state index in [1.54, 1.807) is 0 Å². The lowest BCUT2D eigenvalue weighted by atomic mass is 10.1. The minimum atomic E-state index is -1.07. The summed E-state index contributed by atoms with van der Waals surface area (Å²) in [4.78, 5) is 35.3. The Bertz CT molecular complexity index is 330. The first kappa shape index (κ1) is 14.5. The third kappa shape index (κ3) is 4.01. The van der Waals surface area contributed by atoms with Crippen LogP contribution in [0.2, 0.25) is 0 Å². The molecular weight excluding hydrogens is 236 g/mol. The fourth-order valence-corrected chi connectivity index (χ4v) is 1.97. The van der Waals surface area contributed by atoms with E-state index in [9.17, 15) is 14.4 Å². The van der Waals surface area contributed by atoms with Crippen molar-refractivity contribution in [3.8, 4) is 0 Å². The van der Waals surface area contributed by atoms with Gasteiger partial charge in [0.15, 0.2) is 0 Å². The summed E-state index contributed by atoms with van der Waals surface area (Å²) < 4.78 is 0. The third-order valence-corrected chi connectivity index (χ3v) is 3.03. The molecule has 0 aliphatic carbocycles. The smallest absolute Gasteiger partial charge is 0.328 e. The lowest BCUT2D eigenvalue weighted by Gasteiger charge is -2.32. The van der Waals surface area contributed by atoms with Crippen LogP contribution < -0.4 is 5.32 Å². The molecule has 1 saturated heterocycles. The topological polar surface area (TPSA) is 86.7 Å². The number of carbonyl (C=O) groups is 3. The zero-order chi connectivity index (χ0) is 13.5. The van der Waals surface area contributed by atoms with Crippen LogP contribution >= 0.6 is 0 Å². The molecule has 1 rings (SSSR count). The molecule has 0 bridgehead atoms. The van der Waals surface area contributed by atoms with E-state index in [4.69, 9.17) is 5.11 Å². The van der Waals surface area contributed by atoms with Gasteiger partial charge in [-0.2, -0.15) is 0 Å². The van der Waals surface area contributed by atoms with Crippen LogP contribution in [0.3, 0.4) is 0 Å². The summed E-state index contributed by atoms with van der Waals surface area (Å²) in [5, 5.41) is 11.5. The van der Waals surface area contributed by atoms with Crippen LogP contribution in [0.1, 0.15) is 39.0 Å². The number of hydrogen-bond donors (Lipinski definition) is 2. The summed E-state index contributed by atoms with van der Waals surface area (Å²) in [6, 6.07) is -0.929. The van der Waals surface area contributed by atoms with Gasteiger partial charge < -0.3 is 15.3 Å². The lowest BCUT2D eigenvalue weighted by molar-refractivity contribution is -0.154. The Hall–Kier alpha value is -1.59. The van der Waals surface area contributed by atoms with Gasteiger partial charge in [-0.3, -0.25) is 9.59 Å². The number of piperazine rings is 1. The van der Waals surface area contributed by atoms with E-state index in [-0.39, 0.29) is 24.9 Å². The molecule has 0 spiro atoms. The van der Waals surface area contributed by atoms with E-state index < -0.39 is 12.0 Å². The van der Waals surface area contributed by atoms with Gasteiger partial charge in [0.25, 0.3) is 0 Å². The molecule has 1 unspecified atom stereocenters. The normalized spacial score (nSPS) is 19.5. The number of unbranched alkanes of at least 4 members (excludes halogenated alkanes) is 3. The van der Waals surface area contributed by atoms with Crippen molar-refractivity contribution in [3.63, 3.8) is 0 Å². The largest absolute Gasteiger partial charge is 0.480 e. The van der Waals surface area contributed by atoms with E-state index in [0.29, 0.717) is 6.42 Å². The van der Waals surface area contributed by atoms with Gasteiger partial charge in [-0.15, -0.1) is 0 Å². The molecule has 102 valence electrons. The zero-order valence-electron chi connectivity index (χ0n) is 10.6. The van der Waals surface area contributed by atoms with E-state index in [2.05, 4.69) is 12.2 Å². The highest BCUT2D eigenvalue weighted by Gasteiger charge is 2.34. The van der Waals surface area contributed by atoms with Gasteiger partial charge >= 0.3 is 5.97 Å². The molecule has 1 heterocycles. The van der Waals surface area contributed by atoms with Gasteiger partial charge in [0.05, 0.1) is 0 Å². The Morgan fingerprint density at radius 3 is 2.72 bits per heavy atom. The summed E-state index contributed by atoms with van der Waals surface area (Å²) in [7, 11) is 0. The molecule has 1 atom stereocenters. The number of amides is 2. The number of carboxylic acids is 1. The number of rotatable bonds is 6. The monoisotopic (exact) mass is 256 g/mol. The minimum Gasteiger partial charge on any atom is -0.480 e. The van der Waals surface area contributed by atoms with Gasteiger partial charge in [-0.25, -0.2) is 4.79 Å². The van der Waals surface area contributed by atoms with Gasteiger partial charge in [0.2, 0.25) is 11.8 Å². The van der Waals surface area contributed by atoms with Crippen LogP contribution in [0, 0.1) is 0 Å². The number of aliphatic carboxylic acids is 1. The van der Waals surface area contributed by atoms with E-state index >= 15 is 0 Å². The van der Waals surface area contributed by atoms with E-state index in [1.807, 2.05) is 0 Å². The lowest BCUT2D eigenvalue weighted by Crippen LogP contribution is -2.59. The van der Waals surface area contributed by atoms with Gasteiger partial charge in [-0.1, -0.05) is 26.2 Å². The van der Waals surface area contributed by atoms with Gasteiger partial charge in [0.1, 0.15) is 12.6 Å². The molecule has 6 heteroatoms. The Morgan fingerprint density at radius 2 is 2.11 bits per heavy atom. The maximum Gasteiger partial charge on any atom is 0.328 e. The van der Waals surface area contributed by atoms with E-state index in [0.717, 1.165) is 25.7 Å². The van der Waals surface area contributed by atoms with Crippen molar-refractivity contribution in [3.05, 3.63) is 0 Å². The molecule has 1 fully saturated rings. The molecule has 1 aliphatic heterocycles. The Kier molecular flexibility index (Phi) is 5.61.